The first-order valence-corrected chi connectivity index (χ1v) is 5.32. The van der Waals surface area contributed by atoms with Crippen molar-refractivity contribution in [2.75, 3.05) is 13.7 Å². The molecule has 0 heterocycles. The maximum atomic E-state index is 7.07. The van der Waals surface area contributed by atoms with E-state index in [0.29, 0.717) is 12.4 Å². The van der Waals surface area contributed by atoms with Gasteiger partial charge in [-0.2, -0.15) is 0 Å². The molecule has 0 saturated heterocycles. The fourth-order valence-corrected chi connectivity index (χ4v) is 1.05. The number of hydrogen-bond donors (Lipinski definition) is 3. The maximum Gasteiger partial charge on any atom is 0.161 e. The third-order valence-corrected chi connectivity index (χ3v) is 1.65. The summed E-state index contributed by atoms with van der Waals surface area (Å²) in [5.41, 5.74) is 10.0. The van der Waals surface area contributed by atoms with Crippen LogP contribution in [-0.4, -0.2) is 25.0 Å². The molecule has 0 aliphatic heterocycles. The largest absolute Gasteiger partial charge is 0.493 e. The van der Waals surface area contributed by atoms with Crippen LogP contribution >= 0.6 is 12.2 Å². The van der Waals surface area contributed by atoms with Crippen molar-refractivity contribution in [1.29, 1.82) is 5.41 Å². The SMILES string of the molecule is CCOc1ccc(C=N)cc1OC.NC(N)=S. The van der Waals surface area contributed by atoms with Gasteiger partial charge in [0, 0.05) is 6.21 Å². The molecule has 17 heavy (non-hydrogen) atoms. The molecule has 0 fully saturated rings. The Labute approximate surface area is 106 Å². The van der Waals surface area contributed by atoms with Gasteiger partial charge in [-0.25, -0.2) is 0 Å². The van der Waals surface area contributed by atoms with Gasteiger partial charge in [-0.15, -0.1) is 0 Å². The molecule has 0 unspecified atom stereocenters. The molecule has 0 spiro atoms. The van der Waals surface area contributed by atoms with Crippen LogP contribution in [0.3, 0.4) is 0 Å². The van der Waals surface area contributed by atoms with Crippen LogP contribution in [0.25, 0.3) is 0 Å². The van der Waals surface area contributed by atoms with E-state index in [2.05, 4.69) is 23.7 Å². The Hall–Kier alpha value is -1.82. The molecule has 0 bridgehead atoms. The molecule has 1 rings (SSSR count). The molecular weight excluding hydrogens is 238 g/mol. The lowest BCUT2D eigenvalue weighted by atomic mass is 10.2. The Kier molecular flexibility index (Phi) is 7.45. The molecule has 6 heteroatoms. The average Bonchev–Trinajstić information content (AvgIpc) is 2.29. The Balaban J connectivity index is 0.000000557. The molecule has 1 aromatic rings. The molecule has 5 nitrogen and oxygen atoms in total. The maximum absolute atomic E-state index is 7.07. The summed E-state index contributed by atoms with van der Waals surface area (Å²) in [6.45, 7) is 2.53. The summed E-state index contributed by atoms with van der Waals surface area (Å²) in [6.07, 6.45) is 1.28. The molecule has 0 aromatic heterocycles. The van der Waals surface area contributed by atoms with E-state index in [1.54, 1.807) is 13.2 Å². The Morgan fingerprint density at radius 3 is 2.41 bits per heavy atom. The van der Waals surface area contributed by atoms with Crippen molar-refractivity contribution < 1.29 is 9.47 Å². The molecule has 1 aromatic carbocycles. The van der Waals surface area contributed by atoms with Crippen LogP contribution in [0.5, 0.6) is 11.5 Å². The molecule has 0 atom stereocenters. The van der Waals surface area contributed by atoms with Crippen LogP contribution in [-0.2, 0) is 0 Å². The highest BCUT2D eigenvalue weighted by Gasteiger charge is 2.03. The smallest absolute Gasteiger partial charge is 0.161 e. The lowest BCUT2D eigenvalue weighted by molar-refractivity contribution is 0.311. The Bertz CT molecular complexity index is 379. The van der Waals surface area contributed by atoms with Crippen molar-refractivity contribution in [3.05, 3.63) is 23.8 Å². The highest BCUT2D eigenvalue weighted by Crippen LogP contribution is 2.27. The first-order valence-electron chi connectivity index (χ1n) is 4.91. The topological polar surface area (TPSA) is 94.3 Å². The quantitative estimate of drug-likeness (QED) is 0.556. The zero-order chi connectivity index (χ0) is 13.3. The fraction of sp³-hybridized carbons (Fsp3) is 0.273. The van der Waals surface area contributed by atoms with Crippen molar-refractivity contribution in [2.45, 2.75) is 6.92 Å². The van der Waals surface area contributed by atoms with Gasteiger partial charge < -0.3 is 26.4 Å². The molecule has 0 amide bonds. The predicted molar refractivity (Wildman–Crippen MR) is 73.0 cm³/mol. The third kappa shape index (κ3) is 6.36. The van der Waals surface area contributed by atoms with Crippen LogP contribution in [0.15, 0.2) is 18.2 Å². The summed E-state index contributed by atoms with van der Waals surface area (Å²) >= 11 is 4.09. The summed E-state index contributed by atoms with van der Waals surface area (Å²) < 4.78 is 10.4. The van der Waals surface area contributed by atoms with E-state index in [0.717, 1.165) is 11.3 Å². The molecular formula is C11H17N3O2S. The number of ether oxygens (including phenoxy) is 2. The predicted octanol–water partition coefficient (Wildman–Crippen LogP) is 1.28. The zero-order valence-electron chi connectivity index (χ0n) is 9.90. The number of nitrogens with one attached hydrogen (secondary N) is 1. The van der Waals surface area contributed by atoms with Gasteiger partial charge in [0.2, 0.25) is 0 Å². The molecule has 5 N–H and O–H groups in total. The van der Waals surface area contributed by atoms with E-state index in [1.807, 2.05) is 19.1 Å². The first-order chi connectivity index (χ1) is 8.04. The second kappa shape index (κ2) is 8.35. The monoisotopic (exact) mass is 255 g/mol. The summed E-state index contributed by atoms with van der Waals surface area (Å²) in [7, 11) is 1.59. The third-order valence-electron chi connectivity index (χ3n) is 1.65. The number of nitrogens with two attached hydrogens (primary N) is 2. The van der Waals surface area contributed by atoms with Crippen LogP contribution < -0.4 is 20.9 Å². The van der Waals surface area contributed by atoms with Gasteiger partial charge in [-0.05, 0) is 42.9 Å². The normalized spacial score (nSPS) is 8.59. The van der Waals surface area contributed by atoms with Gasteiger partial charge >= 0.3 is 0 Å². The molecule has 0 aliphatic carbocycles. The highest BCUT2D eigenvalue weighted by molar-refractivity contribution is 7.80. The minimum Gasteiger partial charge on any atom is -0.493 e. The Morgan fingerprint density at radius 1 is 1.41 bits per heavy atom. The van der Waals surface area contributed by atoms with Crippen molar-refractivity contribution >= 4 is 23.5 Å². The summed E-state index contributed by atoms with van der Waals surface area (Å²) in [5.74, 6) is 1.39. The van der Waals surface area contributed by atoms with E-state index in [-0.39, 0.29) is 5.11 Å². The molecule has 0 saturated carbocycles. The van der Waals surface area contributed by atoms with Crippen molar-refractivity contribution in [3.8, 4) is 11.5 Å². The fourth-order valence-electron chi connectivity index (χ4n) is 1.05. The standard InChI is InChI=1S/C10H13NO2.CH4N2S/c1-3-13-9-5-4-8(7-11)6-10(9)12-2;2-1(3)4/h4-7,11H,3H2,1-2H3;(H4,2,3,4). The Morgan fingerprint density at radius 2 is 2.00 bits per heavy atom. The van der Waals surface area contributed by atoms with E-state index in [9.17, 15) is 0 Å². The van der Waals surface area contributed by atoms with Crippen molar-refractivity contribution in [3.63, 3.8) is 0 Å². The minimum atomic E-state index is 0.000000000000000222. The second-order valence-corrected chi connectivity index (χ2v) is 3.36. The van der Waals surface area contributed by atoms with Crippen LogP contribution in [0, 0.1) is 5.41 Å². The van der Waals surface area contributed by atoms with E-state index in [1.165, 1.54) is 6.21 Å². The van der Waals surface area contributed by atoms with Crippen LogP contribution in [0.1, 0.15) is 12.5 Å². The van der Waals surface area contributed by atoms with Crippen molar-refractivity contribution in [2.24, 2.45) is 11.5 Å². The lowest BCUT2D eigenvalue weighted by Crippen LogP contribution is -2.18. The molecule has 0 radical (unpaired) electrons. The van der Waals surface area contributed by atoms with Gasteiger partial charge in [-0.1, -0.05) is 0 Å². The number of hydrogen-bond acceptors (Lipinski definition) is 4. The molecule has 0 aliphatic rings. The highest BCUT2D eigenvalue weighted by atomic mass is 32.1. The van der Waals surface area contributed by atoms with E-state index in [4.69, 9.17) is 14.9 Å². The van der Waals surface area contributed by atoms with E-state index < -0.39 is 0 Å². The van der Waals surface area contributed by atoms with E-state index >= 15 is 0 Å². The lowest BCUT2D eigenvalue weighted by Gasteiger charge is -2.08. The van der Waals surface area contributed by atoms with Gasteiger partial charge in [0.25, 0.3) is 0 Å². The van der Waals surface area contributed by atoms with Crippen molar-refractivity contribution in [1.82, 2.24) is 0 Å². The summed E-state index contributed by atoms with van der Waals surface area (Å²) in [4.78, 5) is 0. The van der Waals surface area contributed by atoms with Crippen LogP contribution in [0.4, 0.5) is 0 Å². The average molecular weight is 255 g/mol. The van der Waals surface area contributed by atoms with Crippen LogP contribution in [0.2, 0.25) is 0 Å². The second-order valence-electron chi connectivity index (χ2n) is 2.89. The zero-order valence-corrected chi connectivity index (χ0v) is 10.7. The van der Waals surface area contributed by atoms with Gasteiger partial charge in [0.1, 0.15) is 0 Å². The van der Waals surface area contributed by atoms with Gasteiger partial charge in [0.15, 0.2) is 16.6 Å². The van der Waals surface area contributed by atoms with Gasteiger partial charge in [-0.3, -0.25) is 0 Å². The number of rotatable bonds is 4. The summed E-state index contributed by atoms with van der Waals surface area (Å²) in [6, 6.07) is 5.40. The molecule has 94 valence electrons. The summed E-state index contributed by atoms with van der Waals surface area (Å²) in [5, 5.41) is 7.07. The van der Waals surface area contributed by atoms with Gasteiger partial charge in [0.05, 0.1) is 13.7 Å². The number of thiocarbonyl (C=S) groups is 1. The minimum absolute atomic E-state index is 0.000000000000000222. The number of benzene rings is 1. The first kappa shape index (κ1) is 15.2. The number of methoxy groups -OCH3 is 1.